The summed E-state index contributed by atoms with van der Waals surface area (Å²) in [6.45, 7) is 5.67. The highest BCUT2D eigenvalue weighted by Gasteiger charge is 2.30. The van der Waals surface area contributed by atoms with Gasteiger partial charge in [0.1, 0.15) is 12.6 Å². The molecular formula is C28H27BrCl2N2O4. The second-order valence-corrected chi connectivity index (χ2v) is 11.3. The molecule has 6 nitrogen and oxygen atoms in total. The van der Waals surface area contributed by atoms with Crippen LogP contribution in [-0.2, 0) is 14.3 Å². The lowest BCUT2D eigenvalue weighted by Crippen LogP contribution is -2.48. The molecule has 4 rings (SSSR count). The molecule has 0 bridgehead atoms. The molecule has 3 aromatic rings. The molecule has 0 spiro atoms. The van der Waals surface area contributed by atoms with Gasteiger partial charge >= 0.3 is 6.09 Å². The molecule has 0 aliphatic heterocycles. The molecule has 0 aromatic heterocycles. The van der Waals surface area contributed by atoms with E-state index in [0.29, 0.717) is 20.2 Å². The first-order valence-corrected chi connectivity index (χ1v) is 13.3. The van der Waals surface area contributed by atoms with Crippen LogP contribution >= 0.6 is 39.1 Å². The zero-order valence-corrected chi connectivity index (χ0v) is 23.7. The largest absolute Gasteiger partial charge is 0.449 e. The van der Waals surface area contributed by atoms with E-state index in [2.05, 4.69) is 38.7 Å². The number of halogens is 3. The van der Waals surface area contributed by atoms with Crippen molar-refractivity contribution in [2.24, 2.45) is 0 Å². The van der Waals surface area contributed by atoms with Gasteiger partial charge in [-0.1, -0.05) is 71.7 Å². The van der Waals surface area contributed by atoms with Crippen LogP contribution in [0, 0.1) is 0 Å². The van der Waals surface area contributed by atoms with E-state index in [0.717, 1.165) is 22.3 Å². The lowest BCUT2D eigenvalue weighted by molar-refractivity contribution is -0.121. The molecule has 0 saturated heterocycles. The molecular weight excluding hydrogens is 579 g/mol. The van der Waals surface area contributed by atoms with Crippen molar-refractivity contribution in [2.45, 2.75) is 38.3 Å². The summed E-state index contributed by atoms with van der Waals surface area (Å²) in [6, 6.07) is 18.3. The van der Waals surface area contributed by atoms with Crippen LogP contribution in [0.2, 0.25) is 10.0 Å². The van der Waals surface area contributed by atoms with E-state index in [1.54, 1.807) is 12.1 Å². The Kier molecular flexibility index (Phi) is 8.49. The highest BCUT2D eigenvalue weighted by atomic mass is 79.9. The van der Waals surface area contributed by atoms with Crippen molar-refractivity contribution >= 4 is 56.8 Å². The van der Waals surface area contributed by atoms with E-state index in [-0.39, 0.29) is 19.1 Å². The monoisotopic (exact) mass is 604 g/mol. The Bertz CT molecular complexity index is 1260. The third kappa shape index (κ3) is 6.65. The summed E-state index contributed by atoms with van der Waals surface area (Å²) in [6.07, 6.45) is -0.716. The number of carbonyl (C=O) groups excluding carboxylic acids is 2. The molecule has 37 heavy (non-hydrogen) atoms. The molecule has 1 aliphatic rings. The molecule has 194 valence electrons. The van der Waals surface area contributed by atoms with Crippen LogP contribution in [0.1, 0.15) is 37.8 Å². The molecule has 0 radical (unpaired) electrons. The number of alkyl carbamates (subject to hydrolysis) is 1. The molecule has 2 N–H and O–H groups in total. The summed E-state index contributed by atoms with van der Waals surface area (Å²) in [5, 5.41) is 6.07. The quantitative estimate of drug-likeness (QED) is 0.275. The molecule has 0 unspecified atom stereocenters. The maximum absolute atomic E-state index is 13.1. The fraction of sp³-hybridized carbons (Fsp3) is 0.286. The zero-order valence-electron chi connectivity index (χ0n) is 20.6. The fourth-order valence-electron chi connectivity index (χ4n) is 4.16. The number of fused-ring (bicyclic) bond motifs is 3. The Morgan fingerprint density at radius 3 is 2.05 bits per heavy atom. The molecule has 1 aliphatic carbocycles. The van der Waals surface area contributed by atoms with Gasteiger partial charge in [-0.15, -0.1) is 0 Å². The number of hydrogen-bond acceptors (Lipinski definition) is 4. The number of carbonyl (C=O) groups is 2. The van der Waals surface area contributed by atoms with Gasteiger partial charge in [-0.05, 0) is 71.1 Å². The summed E-state index contributed by atoms with van der Waals surface area (Å²) >= 11 is 15.6. The highest BCUT2D eigenvalue weighted by molar-refractivity contribution is 9.10. The Hall–Kier alpha value is -2.58. The van der Waals surface area contributed by atoms with Crippen molar-refractivity contribution < 1.29 is 19.1 Å². The first kappa shape index (κ1) is 27.5. The van der Waals surface area contributed by atoms with Crippen molar-refractivity contribution in [3.05, 3.63) is 86.3 Å². The number of amides is 2. The summed E-state index contributed by atoms with van der Waals surface area (Å²) in [5.74, 6) is -0.587. The molecule has 9 heteroatoms. The Morgan fingerprint density at radius 2 is 1.51 bits per heavy atom. The predicted molar refractivity (Wildman–Crippen MR) is 150 cm³/mol. The molecule has 2 amide bonds. The van der Waals surface area contributed by atoms with Crippen LogP contribution in [0.15, 0.2) is 65.1 Å². The Balaban J connectivity index is 1.45. The SMILES string of the molecule is CC(C)(C)OC[C@@H](NC(=O)OCC1c2ccccc2-c2ccccc21)C(=O)Nc1cc(Cl)c(Br)c(Cl)c1. The van der Waals surface area contributed by atoms with Crippen molar-refractivity contribution in [2.75, 3.05) is 18.5 Å². The average molecular weight is 606 g/mol. The number of anilines is 1. The van der Waals surface area contributed by atoms with Crippen LogP contribution in [-0.4, -0.2) is 36.9 Å². The van der Waals surface area contributed by atoms with Gasteiger partial charge in [-0.3, -0.25) is 4.79 Å². The van der Waals surface area contributed by atoms with E-state index >= 15 is 0 Å². The second kappa shape index (κ2) is 11.4. The molecule has 0 fully saturated rings. The third-order valence-corrected chi connectivity index (χ3v) is 7.79. The molecule has 0 saturated carbocycles. The Labute approximate surface area is 234 Å². The van der Waals surface area contributed by atoms with E-state index in [4.69, 9.17) is 32.7 Å². The molecule has 3 aromatic carbocycles. The number of ether oxygens (including phenoxy) is 2. The van der Waals surface area contributed by atoms with E-state index < -0.39 is 23.6 Å². The topological polar surface area (TPSA) is 76.7 Å². The number of nitrogens with one attached hydrogen (secondary N) is 2. The van der Waals surface area contributed by atoms with Gasteiger partial charge in [0, 0.05) is 11.6 Å². The number of benzene rings is 3. The smallest absolute Gasteiger partial charge is 0.407 e. The molecule has 1 atom stereocenters. The summed E-state index contributed by atoms with van der Waals surface area (Å²) < 4.78 is 11.9. The van der Waals surface area contributed by atoms with Gasteiger partial charge in [0.15, 0.2) is 0 Å². The summed E-state index contributed by atoms with van der Waals surface area (Å²) in [5.41, 5.74) is 4.34. The van der Waals surface area contributed by atoms with Crippen LogP contribution in [0.5, 0.6) is 0 Å². The van der Waals surface area contributed by atoms with Gasteiger partial charge in [0.05, 0.1) is 26.7 Å². The maximum Gasteiger partial charge on any atom is 0.407 e. The van der Waals surface area contributed by atoms with Crippen molar-refractivity contribution in [3.8, 4) is 11.1 Å². The first-order chi connectivity index (χ1) is 17.5. The lowest BCUT2D eigenvalue weighted by Gasteiger charge is -2.25. The zero-order chi connectivity index (χ0) is 26.7. The van der Waals surface area contributed by atoms with Crippen LogP contribution < -0.4 is 10.6 Å². The maximum atomic E-state index is 13.1. The normalized spacial score (nSPS) is 13.5. The first-order valence-electron chi connectivity index (χ1n) is 11.7. The highest BCUT2D eigenvalue weighted by Crippen LogP contribution is 2.44. The standard InChI is InChI=1S/C28H27BrCl2N2O4/c1-28(2,3)37-15-24(26(34)32-16-12-22(30)25(29)23(31)13-16)33-27(35)36-14-21-19-10-6-4-8-17(19)18-9-5-7-11-20(18)21/h4-13,21,24H,14-15H2,1-3H3,(H,32,34)(H,33,35)/t24-/m1/s1. The second-order valence-electron chi connectivity index (χ2n) is 9.69. The van der Waals surface area contributed by atoms with Crippen molar-refractivity contribution in [1.29, 1.82) is 0 Å². The average Bonchev–Trinajstić information content (AvgIpc) is 3.17. The van der Waals surface area contributed by atoms with E-state index in [1.165, 1.54) is 0 Å². The minimum Gasteiger partial charge on any atom is -0.449 e. The number of rotatable bonds is 7. The van der Waals surface area contributed by atoms with Crippen LogP contribution in [0.3, 0.4) is 0 Å². The van der Waals surface area contributed by atoms with E-state index in [1.807, 2.05) is 57.2 Å². The summed E-state index contributed by atoms with van der Waals surface area (Å²) in [4.78, 5) is 26.0. The minimum absolute atomic E-state index is 0.0580. The fourth-order valence-corrected chi connectivity index (χ4v) is 4.87. The van der Waals surface area contributed by atoms with Gasteiger partial charge in [-0.2, -0.15) is 0 Å². The van der Waals surface area contributed by atoms with Gasteiger partial charge in [0.2, 0.25) is 5.91 Å². The Morgan fingerprint density at radius 1 is 0.973 bits per heavy atom. The van der Waals surface area contributed by atoms with Crippen molar-refractivity contribution in [1.82, 2.24) is 5.32 Å². The van der Waals surface area contributed by atoms with Crippen molar-refractivity contribution in [3.63, 3.8) is 0 Å². The third-order valence-electron chi connectivity index (χ3n) is 5.89. The van der Waals surface area contributed by atoms with E-state index in [9.17, 15) is 9.59 Å². The lowest BCUT2D eigenvalue weighted by atomic mass is 9.98. The van der Waals surface area contributed by atoms with Gasteiger partial charge < -0.3 is 20.1 Å². The molecule has 0 heterocycles. The minimum atomic E-state index is -1.02. The predicted octanol–water partition coefficient (Wildman–Crippen LogP) is 7.42. The number of hydrogen-bond donors (Lipinski definition) is 2. The van der Waals surface area contributed by atoms with Gasteiger partial charge in [-0.25, -0.2) is 4.79 Å². The van der Waals surface area contributed by atoms with Crippen LogP contribution in [0.25, 0.3) is 11.1 Å². The van der Waals surface area contributed by atoms with Gasteiger partial charge in [0.25, 0.3) is 0 Å². The van der Waals surface area contributed by atoms with Crippen LogP contribution in [0.4, 0.5) is 10.5 Å². The summed E-state index contributed by atoms with van der Waals surface area (Å²) in [7, 11) is 0.